The molecule has 1 amide bonds. The van der Waals surface area contributed by atoms with Gasteiger partial charge in [0.1, 0.15) is 17.5 Å². The number of carbonyl (C=O) groups is 2. The molecule has 0 aliphatic carbocycles. The van der Waals surface area contributed by atoms with Crippen LogP contribution in [0, 0.1) is 10.1 Å². The van der Waals surface area contributed by atoms with E-state index in [4.69, 9.17) is 4.74 Å². The van der Waals surface area contributed by atoms with Gasteiger partial charge in [0.15, 0.2) is 5.13 Å². The lowest BCUT2D eigenvalue weighted by atomic mass is 10.1. The third-order valence-electron chi connectivity index (χ3n) is 3.25. The number of benzene rings is 1. The van der Waals surface area contributed by atoms with E-state index in [2.05, 4.69) is 15.6 Å². The topological polar surface area (TPSA) is 123 Å². The van der Waals surface area contributed by atoms with E-state index < -0.39 is 16.8 Å². The number of thiazole rings is 1. The normalized spacial score (nSPS) is 10.2. The quantitative estimate of drug-likeness (QED) is 0.237. The van der Waals surface area contributed by atoms with Crippen LogP contribution in [0.4, 0.5) is 15.8 Å². The van der Waals surface area contributed by atoms with Crippen molar-refractivity contribution < 1.29 is 19.2 Å². The lowest BCUT2D eigenvalue weighted by molar-refractivity contribution is -0.380. The van der Waals surface area contributed by atoms with Crippen LogP contribution in [0.3, 0.4) is 0 Å². The maximum Gasteiger partial charge on any atom is 0.345 e. The highest BCUT2D eigenvalue weighted by Crippen LogP contribution is 2.30. The standard InChI is InChI=1S/C16H18N4O5S/c1-3-4-8-17-11-6-5-7-12(25-10(2)21)14(11)15(22)19-16-18-9-13(26-16)20(23)24/h5-7,9,17H,3-4,8H2,1-2H3,(H,18,19,22). The van der Waals surface area contributed by atoms with Crippen LogP contribution >= 0.6 is 11.3 Å². The second-order valence-corrected chi connectivity index (χ2v) is 6.28. The van der Waals surface area contributed by atoms with Crippen molar-refractivity contribution in [3.05, 3.63) is 40.1 Å². The number of hydrogen-bond acceptors (Lipinski definition) is 8. The summed E-state index contributed by atoms with van der Waals surface area (Å²) >= 11 is 0.741. The molecule has 0 saturated carbocycles. The number of nitrogens with one attached hydrogen (secondary N) is 2. The van der Waals surface area contributed by atoms with Gasteiger partial charge >= 0.3 is 11.0 Å². The van der Waals surface area contributed by atoms with Gasteiger partial charge in [-0.3, -0.25) is 25.0 Å². The van der Waals surface area contributed by atoms with Gasteiger partial charge in [0.05, 0.1) is 10.6 Å². The summed E-state index contributed by atoms with van der Waals surface area (Å²) in [6.07, 6.45) is 2.94. The van der Waals surface area contributed by atoms with Gasteiger partial charge in [-0.15, -0.1) is 0 Å². The molecular formula is C16H18N4O5S. The Balaban J connectivity index is 2.30. The fourth-order valence-electron chi connectivity index (χ4n) is 2.12. The van der Waals surface area contributed by atoms with E-state index in [1.807, 2.05) is 6.92 Å². The highest BCUT2D eigenvalue weighted by molar-refractivity contribution is 7.18. The zero-order valence-corrected chi connectivity index (χ0v) is 15.1. The summed E-state index contributed by atoms with van der Waals surface area (Å²) in [7, 11) is 0. The Hall–Kier alpha value is -3.01. The summed E-state index contributed by atoms with van der Waals surface area (Å²) in [6, 6.07) is 4.87. The van der Waals surface area contributed by atoms with Crippen molar-refractivity contribution in [3.8, 4) is 5.75 Å². The average molecular weight is 378 g/mol. The molecule has 0 atom stereocenters. The Morgan fingerprint density at radius 1 is 1.38 bits per heavy atom. The van der Waals surface area contributed by atoms with Gasteiger partial charge in [-0.05, 0) is 29.9 Å². The van der Waals surface area contributed by atoms with Gasteiger partial charge in [-0.25, -0.2) is 4.98 Å². The molecule has 0 fully saturated rings. The van der Waals surface area contributed by atoms with Crippen LogP contribution in [-0.2, 0) is 4.79 Å². The molecule has 1 aromatic carbocycles. The largest absolute Gasteiger partial charge is 0.426 e. The maximum atomic E-state index is 12.7. The number of esters is 1. The first kappa shape index (κ1) is 19.3. The average Bonchev–Trinajstić information content (AvgIpc) is 3.03. The molecule has 138 valence electrons. The Kier molecular flexibility index (Phi) is 6.61. The number of unbranched alkanes of at least 4 members (excludes halogenated alkanes) is 1. The zero-order chi connectivity index (χ0) is 19.1. The smallest absolute Gasteiger partial charge is 0.345 e. The van der Waals surface area contributed by atoms with E-state index in [-0.39, 0.29) is 21.4 Å². The molecule has 0 bridgehead atoms. The first-order valence-electron chi connectivity index (χ1n) is 7.89. The van der Waals surface area contributed by atoms with Crippen molar-refractivity contribution in [3.63, 3.8) is 0 Å². The second-order valence-electron chi connectivity index (χ2n) is 5.27. The number of rotatable bonds is 8. The van der Waals surface area contributed by atoms with Crippen LogP contribution in [0.1, 0.15) is 37.0 Å². The van der Waals surface area contributed by atoms with Crippen molar-refractivity contribution in [2.24, 2.45) is 0 Å². The minimum atomic E-state index is -0.585. The van der Waals surface area contributed by atoms with Crippen LogP contribution < -0.4 is 15.4 Å². The maximum absolute atomic E-state index is 12.7. The zero-order valence-electron chi connectivity index (χ0n) is 14.3. The minimum absolute atomic E-state index is 0.0823. The molecule has 0 unspecified atom stereocenters. The predicted molar refractivity (Wildman–Crippen MR) is 97.9 cm³/mol. The van der Waals surface area contributed by atoms with Gasteiger partial charge < -0.3 is 10.1 Å². The molecule has 2 aromatic rings. The number of nitro groups is 1. The van der Waals surface area contributed by atoms with Gasteiger partial charge in [0, 0.05) is 13.5 Å². The molecule has 9 nitrogen and oxygen atoms in total. The summed E-state index contributed by atoms with van der Waals surface area (Å²) in [5.74, 6) is -1.04. The molecule has 0 saturated heterocycles. The molecule has 0 aliphatic heterocycles. The first-order chi connectivity index (χ1) is 12.4. The molecular weight excluding hydrogens is 360 g/mol. The number of ether oxygens (including phenoxy) is 1. The van der Waals surface area contributed by atoms with Crippen LogP contribution in [0.5, 0.6) is 5.75 Å². The van der Waals surface area contributed by atoms with Crippen LogP contribution in [0.25, 0.3) is 0 Å². The molecule has 1 heterocycles. The van der Waals surface area contributed by atoms with Crippen molar-refractivity contribution in [2.45, 2.75) is 26.7 Å². The fraction of sp³-hybridized carbons (Fsp3) is 0.312. The Morgan fingerprint density at radius 3 is 2.77 bits per heavy atom. The molecule has 0 radical (unpaired) electrons. The van der Waals surface area contributed by atoms with Crippen molar-refractivity contribution in [1.29, 1.82) is 0 Å². The molecule has 0 aliphatic rings. The Bertz CT molecular complexity index is 821. The highest BCUT2D eigenvalue weighted by atomic mass is 32.1. The van der Waals surface area contributed by atoms with Crippen LogP contribution in [-0.4, -0.2) is 28.3 Å². The number of nitrogens with zero attached hydrogens (tertiary/aromatic N) is 2. The number of hydrogen-bond donors (Lipinski definition) is 2. The number of anilines is 2. The summed E-state index contributed by atoms with van der Waals surface area (Å²) in [6.45, 7) is 3.92. The van der Waals surface area contributed by atoms with E-state index >= 15 is 0 Å². The number of carbonyl (C=O) groups excluding carboxylic acids is 2. The highest BCUT2D eigenvalue weighted by Gasteiger charge is 2.21. The van der Waals surface area contributed by atoms with Gasteiger partial charge in [-0.2, -0.15) is 0 Å². The molecule has 2 rings (SSSR count). The van der Waals surface area contributed by atoms with Gasteiger partial charge in [0.2, 0.25) is 0 Å². The minimum Gasteiger partial charge on any atom is -0.426 e. The van der Waals surface area contributed by atoms with E-state index in [1.165, 1.54) is 13.0 Å². The van der Waals surface area contributed by atoms with E-state index in [9.17, 15) is 19.7 Å². The SMILES string of the molecule is CCCCNc1cccc(OC(C)=O)c1C(=O)Nc1ncc([N+](=O)[O-])s1. The molecule has 0 spiro atoms. The van der Waals surface area contributed by atoms with Gasteiger partial charge in [-0.1, -0.05) is 19.4 Å². The summed E-state index contributed by atoms with van der Waals surface area (Å²) in [5.41, 5.74) is 0.636. The summed E-state index contributed by atoms with van der Waals surface area (Å²) in [5, 5.41) is 16.3. The van der Waals surface area contributed by atoms with E-state index in [0.29, 0.717) is 12.2 Å². The van der Waals surface area contributed by atoms with Crippen molar-refractivity contribution in [2.75, 3.05) is 17.2 Å². The van der Waals surface area contributed by atoms with Crippen molar-refractivity contribution in [1.82, 2.24) is 4.98 Å². The number of aromatic nitrogens is 1. The summed E-state index contributed by atoms with van der Waals surface area (Å²) < 4.78 is 5.13. The molecule has 26 heavy (non-hydrogen) atoms. The molecule has 1 aromatic heterocycles. The van der Waals surface area contributed by atoms with Crippen molar-refractivity contribution >= 4 is 39.0 Å². The first-order valence-corrected chi connectivity index (χ1v) is 8.71. The monoisotopic (exact) mass is 378 g/mol. The molecule has 10 heteroatoms. The summed E-state index contributed by atoms with van der Waals surface area (Å²) in [4.78, 5) is 38.0. The van der Waals surface area contributed by atoms with Gasteiger partial charge in [0.25, 0.3) is 5.91 Å². The van der Waals surface area contributed by atoms with Crippen LogP contribution in [0.15, 0.2) is 24.4 Å². The Labute approximate surface area is 153 Å². The predicted octanol–water partition coefficient (Wildman–Crippen LogP) is 3.44. The third-order valence-corrected chi connectivity index (χ3v) is 4.11. The lowest BCUT2D eigenvalue weighted by Crippen LogP contribution is -2.17. The second kappa shape index (κ2) is 8.90. The lowest BCUT2D eigenvalue weighted by Gasteiger charge is -2.14. The Morgan fingerprint density at radius 2 is 2.15 bits per heavy atom. The van der Waals surface area contributed by atoms with Crippen LogP contribution in [0.2, 0.25) is 0 Å². The fourth-order valence-corrected chi connectivity index (χ4v) is 2.75. The number of amides is 1. The molecule has 2 N–H and O–H groups in total. The third kappa shape index (κ3) is 4.99. The van der Waals surface area contributed by atoms with E-state index in [0.717, 1.165) is 30.4 Å². The van der Waals surface area contributed by atoms with E-state index in [1.54, 1.807) is 12.1 Å².